The van der Waals surface area contributed by atoms with Crippen LogP contribution in [-0.4, -0.2) is 36.6 Å². The fourth-order valence-corrected chi connectivity index (χ4v) is 2.86. The molecule has 7 heteroatoms. The zero-order valence-electron chi connectivity index (χ0n) is 16.3. The number of unbranched alkanes of at least 4 members (excludes halogenated alkanes) is 1. The molecule has 7 nitrogen and oxygen atoms in total. The van der Waals surface area contributed by atoms with Gasteiger partial charge in [-0.1, -0.05) is 12.1 Å². The lowest BCUT2D eigenvalue weighted by atomic mass is 9.90. The highest BCUT2D eigenvalue weighted by Gasteiger charge is 2.27. The van der Waals surface area contributed by atoms with Crippen molar-refractivity contribution in [3.8, 4) is 0 Å². The second-order valence-electron chi connectivity index (χ2n) is 7.69. The molecule has 0 spiro atoms. The van der Waals surface area contributed by atoms with E-state index in [9.17, 15) is 14.4 Å². The number of amides is 3. The third-order valence-corrected chi connectivity index (χ3v) is 4.13. The minimum Gasteiger partial charge on any atom is -0.444 e. The molecule has 1 atom stereocenters. The molecule has 2 rings (SSSR count). The van der Waals surface area contributed by atoms with Crippen LogP contribution in [0.1, 0.15) is 57.9 Å². The Morgan fingerprint density at radius 3 is 2.67 bits per heavy atom. The van der Waals surface area contributed by atoms with Crippen LogP contribution in [0.25, 0.3) is 0 Å². The van der Waals surface area contributed by atoms with Crippen LogP contribution in [0.5, 0.6) is 0 Å². The Bertz CT molecular complexity index is 682. The number of hydrogen-bond donors (Lipinski definition) is 3. The van der Waals surface area contributed by atoms with Crippen molar-refractivity contribution < 1.29 is 19.1 Å². The molecule has 0 saturated carbocycles. The fourth-order valence-electron chi connectivity index (χ4n) is 2.86. The topological polar surface area (TPSA) is 96.5 Å². The van der Waals surface area contributed by atoms with Crippen molar-refractivity contribution in [3.05, 3.63) is 29.8 Å². The van der Waals surface area contributed by atoms with Gasteiger partial charge >= 0.3 is 6.09 Å². The quantitative estimate of drug-likeness (QED) is 0.503. The van der Waals surface area contributed by atoms with Crippen LogP contribution in [0.2, 0.25) is 0 Å². The number of rotatable bonds is 7. The van der Waals surface area contributed by atoms with Crippen molar-refractivity contribution in [2.45, 2.75) is 58.0 Å². The summed E-state index contributed by atoms with van der Waals surface area (Å²) in [6, 6.07) is 7.73. The minimum absolute atomic E-state index is 0.203. The van der Waals surface area contributed by atoms with Gasteiger partial charge in [-0.15, -0.1) is 0 Å². The number of alkyl carbamates (subject to hydrolysis) is 1. The molecule has 0 bridgehead atoms. The Kier molecular flexibility index (Phi) is 7.21. The van der Waals surface area contributed by atoms with E-state index in [1.165, 1.54) is 0 Å². The third-order valence-electron chi connectivity index (χ3n) is 4.13. The molecule has 1 fully saturated rings. The van der Waals surface area contributed by atoms with Crippen molar-refractivity contribution >= 4 is 23.6 Å². The van der Waals surface area contributed by atoms with Gasteiger partial charge in [0.05, 0.1) is 5.92 Å². The van der Waals surface area contributed by atoms with E-state index in [0.717, 1.165) is 30.6 Å². The molecule has 1 aromatic rings. The van der Waals surface area contributed by atoms with Crippen molar-refractivity contribution in [1.82, 2.24) is 10.6 Å². The molecule has 3 N–H and O–H groups in total. The summed E-state index contributed by atoms with van der Waals surface area (Å²) in [6.45, 7) is 6.82. The van der Waals surface area contributed by atoms with Crippen LogP contribution in [0.4, 0.5) is 10.5 Å². The van der Waals surface area contributed by atoms with Gasteiger partial charge in [-0.25, -0.2) is 4.79 Å². The smallest absolute Gasteiger partial charge is 0.407 e. The molecule has 1 saturated heterocycles. The first-order valence-electron chi connectivity index (χ1n) is 9.39. The van der Waals surface area contributed by atoms with Gasteiger partial charge in [-0.3, -0.25) is 14.9 Å². The lowest BCUT2D eigenvalue weighted by Crippen LogP contribution is -2.39. The van der Waals surface area contributed by atoms with Crippen LogP contribution >= 0.6 is 0 Å². The fraction of sp³-hybridized carbons (Fsp3) is 0.550. The van der Waals surface area contributed by atoms with E-state index in [-0.39, 0.29) is 17.7 Å². The Balaban J connectivity index is 1.70. The molecule has 0 radical (unpaired) electrons. The standard InChI is InChI=1S/C20H29N3O4/c1-20(2,3)27-19(26)22-12-5-4-11-21-15-8-6-7-14(13-15)16-9-10-17(24)23-18(16)25/h6-8,13,16,21H,4-5,9-12H2,1-3H3,(H,22,26)(H,23,24,25). The van der Waals surface area contributed by atoms with E-state index in [1.54, 1.807) is 0 Å². The first-order chi connectivity index (χ1) is 12.7. The monoisotopic (exact) mass is 375 g/mol. The van der Waals surface area contributed by atoms with Gasteiger partial charge in [0.2, 0.25) is 11.8 Å². The van der Waals surface area contributed by atoms with E-state index in [4.69, 9.17) is 4.74 Å². The van der Waals surface area contributed by atoms with Crippen LogP contribution in [0.3, 0.4) is 0 Å². The largest absolute Gasteiger partial charge is 0.444 e. The molecule has 148 valence electrons. The molecular formula is C20H29N3O4. The lowest BCUT2D eigenvalue weighted by molar-refractivity contribution is -0.134. The number of anilines is 1. The summed E-state index contributed by atoms with van der Waals surface area (Å²) in [6.07, 6.45) is 2.24. The summed E-state index contributed by atoms with van der Waals surface area (Å²) in [7, 11) is 0. The number of carbonyl (C=O) groups excluding carboxylic acids is 3. The highest BCUT2D eigenvalue weighted by atomic mass is 16.6. The van der Waals surface area contributed by atoms with Gasteiger partial charge < -0.3 is 15.4 Å². The molecular weight excluding hydrogens is 346 g/mol. The third kappa shape index (κ3) is 7.29. The molecule has 1 unspecified atom stereocenters. The van der Waals surface area contributed by atoms with Crippen LogP contribution in [-0.2, 0) is 14.3 Å². The van der Waals surface area contributed by atoms with E-state index < -0.39 is 11.7 Å². The lowest BCUT2D eigenvalue weighted by Gasteiger charge is -2.21. The summed E-state index contributed by atoms with van der Waals surface area (Å²) in [5.41, 5.74) is 1.37. The molecule has 0 aromatic heterocycles. The summed E-state index contributed by atoms with van der Waals surface area (Å²) in [5.74, 6) is -0.704. The predicted octanol–water partition coefficient (Wildman–Crippen LogP) is 2.92. The Hall–Kier alpha value is -2.57. The highest BCUT2D eigenvalue weighted by Crippen LogP contribution is 2.26. The van der Waals surface area contributed by atoms with Crippen molar-refractivity contribution in [1.29, 1.82) is 0 Å². The van der Waals surface area contributed by atoms with Gasteiger partial charge in [0.15, 0.2) is 0 Å². The van der Waals surface area contributed by atoms with Crippen molar-refractivity contribution in [3.63, 3.8) is 0 Å². The second kappa shape index (κ2) is 9.39. The van der Waals surface area contributed by atoms with Crippen LogP contribution < -0.4 is 16.0 Å². The van der Waals surface area contributed by atoms with Crippen molar-refractivity contribution in [2.24, 2.45) is 0 Å². The molecule has 1 heterocycles. The Morgan fingerprint density at radius 1 is 1.22 bits per heavy atom. The normalized spacial score (nSPS) is 17.2. The molecule has 1 aromatic carbocycles. The molecule has 0 aliphatic carbocycles. The molecule has 1 aliphatic rings. The van der Waals surface area contributed by atoms with Gasteiger partial charge in [0.1, 0.15) is 5.60 Å². The van der Waals surface area contributed by atoms with Gasteiger partial charge in [-0.05, 0) is 57.7 Å². The number of piperidine rings is 1. The Morgan fingerprint density at radius 2 is 1.96 bits per heavy atom. The number of hydrogen-bond acceptors (Lipinski definition) is 5. The van der Waals surface area contributed by atoms with E-state index in [1.807, 2.05) is 45.0 Å². The highest BCUT2D eigenvalue weighted by molar-refractivity contribution is 6.01. The summed E-state index contributed by atoms with van der Waals surface area (Å²) in [5, 5.41) is 8.46. The number of benzene rings is 1. The number of ether oxygens (including phenoxy) is 1. The van der Waals surface area contributed by atoms with Gasteiger partial charge in [0, 0.05) is 25.2 Å². The van der Waals surface area contributed by atoms with E-state index in [0.29, 0.717) is 19.4 Å². The predicted molar refractivity (Wildman–Crippen MR) is 104 cm³/mol. The van der Waals surface area contributed by atoms with Crippen molar-refractivity contribution in [2.75, 3.05) is 18.4 Å². The SMILES string of the molecule is CC(C)(C)OC(=O)NCCCCNc1cccc(C2CCC(=O)NC2=O)c1. The van der Waals surface area contributed by atoms with Gasteiger partial charge in [0.25, 0.3) is 0 Å². The Labute approximate surface area is 160 Å². The zero-order chi connectivity index (χ0) is 19.9. The maximum Gasteiger partial charge on any atom is 0.407 e. The van der Waals surface area contributed by atoms with Crippen LogP contribution in [0.15, 0.2) is 24.3 Å². The average Bonchev–Trinajstić information content (AvgIpc) is 2.56. The maximum absolute atomic E-state index is 12.0. The average molecular weight is 375 g/mol. The van der Waals surface area contributed by atoms with E-state index >= 15 is 0 Å². The second-order valence-corrected chi connectivity index (χ2v) is 7.69. The maximum atomic E-state index is 12.0. The van der Waals surface area contributed by atoms with Crippen LogP contribution in [0, 0.1) is 0 Å². The summed E-state index contributed by atoms with van der Waals surface area (Å²) < 4.78 is 5.18. The molecule has 27 heavy (non-hydrogen) atoms. The number of carbonyl (C=O) groups is 3. The minimum atomic E-state index is -0.487. The number of nitrogens with one attached hydrogen (secondary N) is 3. The number of imide groups is 1. The summed E-state index contributed by atoms with van der Waals surface area (Å²) >= 11 is 0. The first kappa shape index (κ1) is 20.7. The molecule has 3 amide bonds. The molecule has 1 aliphatic heterocycles. The first-order valence-corrected chi connectivity index (χ1v) is 9.39. The van der Waals surface area contributed by atoms with E-state index in [2.05, 4.69) is 16.0 Å². The zero-order valence-corrected chi connectivity index (χ0v) is 16.3. The van der Waals surface area contributed by atoms with Gasteiger partial charge in [-0.2, -0.15) is 0 Å². The summed E-state index contributed by atoms with van der Waals surface area (Å²) in [4.78, 5) is 34.8.